The number of hydrogen-bond donors (Lipinski definition) is 3. The van der Waals surface area contributed by atoms with Gasteiger partial charge in [0.2, 0.25) is 9.84 Å². The molecule has 0 bridgehead atoms. The molecule has 0 aliphatic rings. The SMILES string of the molecule is O=C(O)c1cccc(Oc2cccc(S(=O)(=O)c3ccc(CCNCC(O)c4cccc(Cl)c4)cc3)c2)c1. The Bertz CT molecular complexity index is 1520. The molecule has 4 aromatic carbocycles. The molecule has 3 N–H and O–H groups in total. The summed E-state index contributed by atoms with van der Waals surface area (Å²) in [5.41, 5.74) is 1.76. The molecular formula is C29H26ClNO6S. The zero-order valence-corrected chi connectivity index (χ0v) is 21.8. The molecule has 9 heteroatoms. The number of aliphatic hydroxyl groups excluding tert-OH is 1. The van der Waals surface area contributed by atoms with Gasteiger partial charge in [0.05, 0.1) is 21.5 Å². The van der Waals surface area contributed by atoms with E-state index in [9.17, 15) is 18.3 Å². The van der Waals surface area contributed by atoms with Crippen LogP contribution >= 0.6 is 11.6 Å². The Morgan fingerprint density at radius 1 is 0.868 bits per heavy atom. The lowest BCUT2D eigenvalue weighted by molar-refractivity contribution is 0.0696. The van der Waals surface area contributed by atoms with Gasteiger partial charge in [-0.3, -0.25) is 0 Å². The minimum Gasteiger partial charge on any atom is -0.478 e. The second kappa shape index (κ2) is 12.2. The predicted molar refractivity (Wildman–Crippen MR) is 145 cm³/mol. The first kappa shape index (κ1) is 27.3. The van der Waals surface area contributed by atoms with Gasteiger partial charge in [0, 0.05) is 11.6 Å². The first-order valence-corrected chi connectivity index (χ1v) is 13.7. The van der Waals surface area contributed by atoms with Crippen molar-refractivity contribution < 1.29 is 28.2 Å². The fourth-order valence-corrected chi connectivity index (χ4v) is 5.30. The van der Waals surface area contributed by atoms with Crippen molar-refractivity contribution in [1.29, 1.82) is 0 Å². The second-order valence-corrected chi connectivity index (χ2v) is 11.0. The number of hydrogen-bond acceptors (Lipinski definition) is 6. The van der Waals surface area contributed by atoms with Crippen LogP contribution in [0.25, 0.3) is 0 Å². The summed E-state index contributed by atoms with van der Waals surface area (Å²) >= 11 is 5.97. The lowest BCUT2D eigenvalue weighted by Gasteiger charge is -2.13. The monoisotopic (exact) mass is 551 g/mol. The molecule has 38 heavy (non-hydrogen) atoms. The molecule has 0 saturated heterocycles. The van der Waals surface area contributed by atoms with Gasteiger partial charge >= 0.3 is 5.97 Å². The Hall–Kier alpha value is -3.69. The zero-order chi connectivity index (χ0) is 27.1. The van der Waals surface area contributed by atoms with E-state index in [1.807, 2.05) is 6.07 Å². The number of carboxylic acid groups (broad SMARTS) is 1. The average Bonchev–Trinajstić information content (AvgIpc) is 2.91. The maximum atomic E-state index is 13.2. The number of carboxylic acids is 1. The number of benzene rings is 4. The molecule has 0 amide bonds. The van der Waals surface area contributed by atoms with Crippen molar-refractivity contribution in [1.82, 2.24) is 5.32 Å². The van der Waals surface area contributed by atoms with Gasteiger partial charge in [0.25, 0.3) is 0 Å². The van der Waals surface area contributed by atoms with Gasteiger partial charge in [0.15, 0.2) is 0 Å². The van der Waals surface area contributed by atoms with Crippen molar-refractivity contribution >= 4 is 27.4 Å². The van der Waals surface area contributed by atoms with E-state index in [2.05, 4.69) is 5.32 Å². The summed E-state index contributed by atoms with van der Waals surface area (Å²) in [6.45, 7) is 0.970. The van der Waals surface area contributed by atoms with Crippen molar-refractivity contribution in [3.8, 4) is 11.5 Å². The molecule has 1 unspecified atom stereocenters. The molecule has 4 aromatic rings. The standard InChI is InChI=1S/C29H26ClNO6S/c30-23-6-1-4-21(16-23)28(32)19-31-15-14-20-10-12-26(13-11-20)38(35,36)27-9-3-8-25(18-27)37-24-7-2-5-22(17-24)29(33)34/h1-13,16-18,28,31-32H,14-15,19H2,(H,33,34). The van der Waals surface area contributed by atoms with Crippen LogP contribution < -0.4 is 10.1 Å². The largest absolute Gasteiger partial charge is 0.478 e. The van der Waals surface area contributed by atoms with Gasteiger partial charge in [0.1, 0.15) is 11.5 Å². The van der Waals surface area contributed by atoms with Crippen LogP contribution in [0.3, 0.4) is 0 Å². The lowest BCUT2D eigenvalue weighted by atomic mass is 10.1. The number of carbonyl (C=O) groups is 1. The summed E-state index contributed by atoms with van der Waals surface area (Å²) in [4.78, 5) is 11.4. The summed E-state index contributed by atoms with van der Waals surface area (Å²) in [6, 6.07) is 25.8. The third-order valence-electron chi connectivity index (χ3n) is 5.83. The van der Waals surface area contributed by atoms with Gasteiger partial charge in [-0.05, 0) is 84.8 Å². The van der Waals surface area contributed by atoms with Crippen LogP contribution in [-0.2, 0) is 16.3 Å². The Labute approximate surface area is 226 Å². The number of ether oxygens (including phenoxy) is 1. The number of aromatic carboxylic acids is 1. The molecule has 0 aliphatic heterocycles. The molecule has 0 fully saturated rings. The highest BCUT2D eigenvalue weighted by Crippen LogP contribution is 2.28. The van der Waals surface area contributed by atoms with Crippen molar-refractivity contribution in [3.05, 3.63) is 119 Å². The van der Waals surface area contributed by atoms with E-state index in [1.165, 1.54) is 24.3 Å². The minimum absolute atomic E-state index is 0.0637. The zero-order valence-electron chi connectivity index (χ0n) is 20.2. The van der Waals surface area contributed by atoms with Crippen molar-refractivity contribution in [2.24, 2.45) is 0 Å². The van der Waals surface area contributed by atoms with Crippen LogP contribution in [0.5, 0.6) is 11.5 Å². The Morgan fingerprint density at radius 2 is 1.55 bits per heavy atom. The molecule has 7 nitrogen and oxygen atoms in total. The average molecular weight is 552 g/mol. The number of rotatable bonds is 11. The van der Waals surface area contributed by atoms with Crippen molar-refractivity contribution in [2.45, 2.75) is 22.3 Å². The highest BCUT2D eigenvalue weighted by Gasteiger charge is 2.18. The fourth-order valence-electron chi connectivity index (χ4n) is 3.81. The molecule has 0 aliphatic carbocycles. The van der Waals surface area contributed by atoms with Gasteiger partial charge in [-0.25, -0.2) is 13.2 Å². The minimum atomic E-state index is -3.80. The number of nitrogens with one attached hydrogen (secondary N) is 1. The Morgan fingerprint density at radius 3 is 2.26 bits per heavy atom. The second-order valence-electron chi connectivity index (χ2n) is 8.58. The van der Waals surface area contributed by atoms with Crippen LogP contribution in [0.4, 0.5) is 0 Å². The maximum absolute atomic E-state index is 13.2. The van der Waals surface area contributed by atoms with E-state index in [1.54, 1.807) is 66.7 Å². The molecule has 196 valence electrons. The third kappa shape index (κ3) is 6.99. The smallest absolute Gasteiger partial charge is 0.335 e. The Kier molecular flexibility index (Phi) is 8.81. The van der Waals surface area contributed by atoms with E-state index in [0.29, 0.717) is 24.5 Å². The maximum Gasteiger partial charge on any atom is 0.335 e. The van der Waals surface area contributed by atoms with Gasteiger partial charge in [-0.15, -0.1) is 0 Å². The van der Waals surface area contributed by atoms with E-state index < -0.39 is 21.9 Å². The van der Waals surface area contributed by atoms with Crippen LogP contribution in [0, 0.1) is 0 Å². The number of sulfone groups is 1. The van der Waals surface area contributed by atoms with E-state index in [4.69, 9.17) is 21.4 Å². The molecule has 4 rings (SSSR count). The first-order chi connectivity index (χ1) is 18.2. The summed E-state index contributed by atoms with van der Waals surface area (Å²) in [5.74, 6) is -0.519. The fraction of sp³-hybridized carbons (Fsp3) is 0.138. The summed E-state index contributed by atoms with van der Waals surface area (Å²) in [6.07, 6.45) is -0.0245. The van der Waals surface area contributed by atoms with Gasteiger partial charge in [-0.2, -0.15) is 0 Å². The van der Waals surface area contributed by atoms with Crippen LogP contribution in [0.2, 0.25) is 5.02 Å². The van der Waals surface area contributed by atoms with E-state index in [-0.39, 0.29) is 26.9 Å². The predicted octanol–water partition coefficient (Wildman–Crippen LogP) is 5.53. The summed E-state index contributed by atoms with van der Waals surface area (Å²) in [5, 5.41) is 23.2. The quantitative estimate of drug-likeness (QED) is 0.210. The third-order valence-corrected chi connectivity index (χ3v) is 7.83. The number of aliphatic hydroxyl groups is 1. The summed E-state index contributed by atoms with van der Waals surface area (Å²) in [7, 11) is -3.80. The molecule has 0 spiro atoms. The number of halogens is 1. The van der Waals surface area contributed by atoms with E-state index >= 15 is 0 Å². The van der Waals surface area contributed by atoms with Crippen LogP contribution in [0.15, 0.2) is 107 Å². The molecule has 1 atom stereocenters. The molecule has 0 aromatic heterocycles. The molecular weight excluding hydrogens is 526 g/mol. The van der Waals surface area contributed by atoms with Gasteiger partial charge < -0.3 is 20.3 Å². The topological polar surface area (TPSA) is 113 Å². The first-order valence-electron chi connectivity index (χ1n) is 11.8. The lowest BCUT2D eigenvalue weighted by Crippen LogP contribution is -2.23. The van der Waals surface area contributed by atoms with Crippen molar-refractivity contribution in [2.75, 3.05) is 13.1 Å². The highest BCUT2D eigenvalue weighted by atomic mass is 35.5. The molecule has 0 heterocycles. The van der Waals surface area contributed by atoms with Crippen LogP contribution in [-0.4, -0.2) is 37.7 Å². The summed E-state index contributed by atoms with van der Waals surface area (Å²) < 4.78 is 32.1. The normalized spacial score (nSPS) is 12.2. The van der Waals surface area contributed by atoms with Crippen LogP contribution in [0.1, 0.15) is 27.6 Å². The highest BCUT2D eigenvalue weighted by molar-refractivity contribution is 7.91. The van der Waals surface area contributed by atoms with E-state index in [0.717, 1.165) is 11.1 Å². The molecule has 0 saturated carbocycles. The van der Waals surface area contributed by atoms with Gasteiger partial charge in [-0.1, -0.05) is 48.0 Å². The van der Waals surface area contributed by atoms with Crippen molar-refractivity contribution in [3.63, 3.8) is 0 Å². The Balaban J connectivity index is 1.36. The molecule has 0 radical (unpaired) electrons.